The lowest BCUT2D eigenvalue weighted by atomic mass is 9.92. The zero-order valence-electron chi connectivity index (χ0n) is 12.8. The molecule has 0 radical (unpaired) electrons. The number of hydrogen-bond acceptors (Lipinski definition) is 4. The summed E-state index contributed by atoms with van der Waals surface area (Å²) in [4.78, 5) is 12.7. The zero-order chi connectivity index (χ0) is 15.7. The Morgan fingerprint density at radius 2 is 2.36 bits per heavy atom. The summed E-state index contributed by atoms with van der Waals surface area (Å²) in [6.07, 6.45) is 2.11. The van der Waals surface area contributed by atoms with Crippen LogP contribution in [0, 0.1) is 0 Å². The van der Waals surface area contributed by atoms with Crippen LogP contribution in [0.2, 0.25) is 0 Å². The van der Waals surface area contributed by atoms with Crippen molar-refractivity contribution >= 4 is 11.7 Å². The van der Waals surface area contributed by atoms with Crippen molar-refractivity contribution in [2.75, 3.05) is 12.4 Å². The first kappa shape index (κ1) is 14.6. The number of amides is 1. The predicted octanol–water partition coefficient (Wildman–Crippen LogP) is 1.72. The van der Waals surface area contributed by atoms with E-state index in [-0.39, 0.29) is 5.91 Å². The number of methoxy groups -OCH3 is 1. The molecule has 2 aromatic rings. The molecule has 22 heavy (non-hydrogen) atoms. The van der Waals surface area contributed by atoms with Crippen molar-refractivity contribution in [2.45, 2.75) is 31.7 Å². The summed E-state index contributed by atoms with van der Waals surface area (Å²) < 4.78 is 5.36. The van der Waals surface area contributed by atoms with Gasteiger partial charge in [0.15, 0.2) is 5.82 Å². The lowest BCUT2D eigenvalue weighted by Crippen LogP contribution is -2.46. The summed E-state index contributed by atoms with van der Waals surface area (Å²) >= 11 is 0. The normalized spacial score (nSPS) is 19.8. The van der Waals surface area contributed by atoms with Gasteiger partial charge in [-0.05, 0) is 36.5 Å². The van der Waals surface area contributed by atoms with Crippen LogP contribution >= 0.6 is 0 Å². The van der Waals surface area contributed by atoms with Gasteiger partial charge < -0.3 is 15.8 Å². The Labute approximate surface area is 129 Å². The fourth-order valence-electron chi connectivity index (χ4n) is 2.96. The minimum Gasteiger partial charge on any atom is -0.496 e. The molecular weight excluding hydrogens is 280 g/mol. The number of H-pyrrole nitrogens is 1. The van der Waals surface area contributed by atoms with Gasteiger partial charge in [-0.25, -0.2) is 0 Å². The van der Waals surface area contributed by atoms with Crippen molar-refractivity contribution in [3.63, 3.8) is 0 Å². The van der Waals surface area contributed by atoms with E-state index in [4.69, 9.17) is 10.5 Å². The molecule has 1 aliphatic rings. The van der Waals surface area contributed by atoms with E-state index in [0.29, 0.717) is 12.2 Å². The van der Waals surface area contributed by atoms with Gasteiger partial charge in [0.1, 0.15) is 11.3 Å². The molecule has 1 aromatic heterocycles. The number of aromatic nitrogens is 2. The highest BCUT2D eigenvalue weighted by Crippen LogP contribution is 2.40. The maximum absolute atomic E-state index is 12.7. The van der Waals surface area contributed by atoms with Crippen LogP contribution in [0.3, 0.4) is 0 Å². The molecule has 1 aliphatic carbocycles. The maximum atomic E-state index is 12.7. The largest absolute Gasteiger partial charge is 0.496 e. The number of carbonyl (C=O) groups excluding carboxylic acids is 1. The van der Waals surface area contributed by atoms with E-state index >= 15 is 0 Å². The number of carbonyl (C=O) groups is 1. The van der Waals surface area contributed by atoms with Crippen LogP contribution in [-0.2, 0) is 23.2 Å². The number of nitrogens with one attached hydrogen (secondary N) is 2. The van der Waals surface area contributed by atoms with Crippen LogP contribution < -0.4 is 15.8 Å². The van der Waals surface area contributed by atoms with Crippen molar-refractivity contribution in [3.05, 3.63) is 41.1 Å². The van der Waals surface area contributed by atoms with E-state index in [1.807, 2.05) is 31.2 Å². The fraction of sp³-hybridized carbons (Fsp3) is 0.375. The highest BCUT2D eigenvalue weighted by atomic mass is 16.5. The van der Waals surface area contributed by atoms with Crippen molar-refractivity contribution in [1.29, 1.82) is 0 Å². The van der Waals surface area contributed by atoms with Crippen LogP contribution in [0.5, 0.6) is 5.75 Å². The molecule has 1 atom stereocenters. The van der Waals surface area contributed by atoms with Gasteiger partial charge in [0, 0.05) is 11.8 Å². The van der Waals surface area contributed by atoms with Crippen LogP contribution in [0.1, 0.15) is 30.2 Å². The van der Waals surface area contributed by atoms with Gasteiger partial charge in [0.2, 0.25) is 5.91 Å². The van der Waals surface area contributed by atoms with Crippen LogP contribution in [0.4, 0.5) is 5.82 Å². The second kappa shape index (κ2) is 5.46. The number of aromatic amines is 1. The molecule has 0 saturated heterocycles. The lowest BCUT2D eigenvalue weighted by molar-refractivity contribution is -0.121. The first-order valence-electron chi connectivity index (χ1n) is 7.39. The van der Waals surface area contributed by atoms with Gasteiger partial charge in [0.05, 0.1) is 7.11 Å². The molecule has 0 saturated carbocycles. The number of fused-ring (bicyclic) bond motifs is 1. The lowest BCUT2D eigenvalue weighted by Gasteiger charge is -2.23. The summed E-state index contributed by atoms with van der Waals surface area (Å²) in [6.45, 7) is 2.02. The highest BCUT2D eigenvalue weighted by Gasteiger charge is 2.43. The van der Waals surface area contributed by atoms with Gasteiger partial charge >= 0.3 is 0 Å². The molecule has 1 aromatic carbocycles. The van der Waals surface area contributed by atoms with Crippen LogP contribution in [0.25, 0.3) is 0 Å². The summed E-state index contributed by atoms with van der Waals surface area (Å²) in [5, 5.41) is 9.77. The molecule has 1 unspecified atom stereocenters. The third-order valence-corrected chi connectivity index (χ3v) is 4.26. The summed E-state index contributed by atoms with van der Waals surface area (Å²) in [6, 6.07) is 7.47. The molecular formula is C16H20N4O2. The van der Waals surface area contributed by atoms with Gasteiger partial charge in [-0.1, -0.05) is 19.1 Å². The molecule has 0 bridgehead atoms. The highest BCUT2D eigenvalue weighted by molar-refractivity contribution is 5.99. The quantitative estimate of drug-likeness (QED) is 0.801. The first-order chi connectivity index (χ1) is 10.6. The second-order valence-electron chi connectivity index (χ2n) is 5.54. The molecule has 4 N–H and O–H groups in total. The maximum Gasteiger partial charge on any atom is 0.250 e. The van der Waals surface area contributed by atoms with Crippen molar-refractivity contribution in [2.24, 2.45) is 5.73 Å². The van der Waals surface area contributed by atoms with Crippen LogP contribution in [-0.4, -0.2) is 23.2 Å². The second-order valence-corrected chi connectivity index (χ2v) is 5.54. The number of ether oxygens (including phenoxy) is 1. The van der Waals surface area contributed by atoms with E-state index < -0.39 is 5.54 Å². The Bertz CT molecular complexity index is 710. The van der Waals surface area contributed by atoms with E-state index in [2.05, 4.69) is 15.5 Å². The van der Waals surface area contributed by atoms with Crippen LogP contribution in [0.15, 0.2) is 24.3 Å². The van der Waals surface area contributed by atoms with Crippen molar-refractivity contribution in [3.8, 4) is 5.75 Å². The van der Waals surface area contributed by atoms with Crippen molar-refractivity contribution in [1.82, 2.24) is 10.2 Å². The average molecular weight is 300 g/mol. The molecule has 6 heteroatoms. The van der Waals surface area contributed by atoms with Crippen molar-refractivity contribution < 1.29 is 9.53 Å². The monoisotopic (exact) mass is 300 g/mol. The number of nitrogens with two attached hydrogens (primary N) is 1. The Morgan fingerprint density at radius 1 is 1.55 bits per heavy atom. The Morgan fingerprint density at radius 3 is 3.05 bits per heavy atom. The first-order valence-corrected chi connectivity index (χ1v) is 7.39. The van der Waals surface area contributed by atoms with E-state index in [1.165, 1.54) is 0 Å². The number of anilines is 1. The molecule has 0 spiro atoms. The summed E-state index contributed by atoms with van der Waals surface area (Å²) in [5.41, 5.74) is 8.18. The van der Waals surface area contributed by atoms with E-state index in [9.17, 15) is 4.79 Å². The smallest absolute Gasteiger partial charge is 0.250 e. The predicted molar refractivity (Wildman–Crippen MR) is 83.8 cm³/mol. The number of rotatable bonds is 4. The molecule has 0 aliphatic heterocycles. The number of benzene rings is 1. The van der Waals surface area contributed by atoms with Gasteiger partial charge in [0.25, 0.3) is 0 Å². The number of aryl methyl sites for hydroxylation is 1. The van der Waals surface area contributed by atoms with Gasteiger partial charge in [-0.3, -0.25) is 9.89 Å². The molecule has 1 amide bonds. The minimum atomic E-state index is -1.05. The Balaban J connectivity index is 1.87. The molecule has 1 heterocycles. The Hall–Kier alpha value is -2.34. The van der Waals surface area contributed by atoms with Gasteiger partial charge in [-0.2, -0.15) is 5.10 Å². The van der Waals surface area contributed by atoms with Gasteiger partial charge in [-0.15, -0.1) is 0 Å². The fourth-order valence-corrected chi connectivity index (χ4v) is 2.96. The minimum absolute atomic E-state index is 0.242. The zero-order valence-corrected chi connectivity index (χ0v) is 12.8. The molecule has 3 rings (SSSR count). The number of hydrogen-bond donors (Lipinski definition) is 3. The SMILES string of the molecule is CCc1cc(NC(=O)C2(N)CCc3c(OC)cccc32)n[nH]1. The summed E-state index contributed by atoms with van der Waals surface area (Å²) in [5.74, 6) is 1.04. The van der Waals surface area contributed by atoms with E-state index in [0.717, 1.165) is 35.4 Å². The molecule has 6 nitrogen and oxygen atoms in total. The molecule has 0 fully saturated rings. The molecule has 116 valence electrons. The average Bonchev–Trinajstić information content (AvgIpc) is 3.13. The number of nitrogens with zero attached hydrogens (tertiary/aromatic N) is 1. The standard InChI is InChI=1S/C16H20N4O2/c1-3-10-9-14(20-19-10)18-15(21)16(17)8-7-11-12(16)5-4-6-13(11)22-2/h4-6,9H,3,7-8,17H2,1-2H3,(H2,18,19,20,21). The van der Waals surface area contributed by atoms with E-state index in [1.54, 1.807) is 7.11 Å². The third-order valence-electron chi connectivity index (χ3n) is 4.26. The Kier molecular flexibility index (Phi) is 3.62. The topological polar surface area (TPSA) is 93.0 Å². The third kappa shape index (κ3) is 2.25. The summed E-state index contributed by atoms with van der Waals surface area (Å²) in [7, 11) is 1.63.